The summed E-state index contributed by atoms with van der Waals surface area (Å²) in [6.07, 6.45) is 2.00. The third-order valence-corrected chi connectivity index (χ3v) is 2.70. The molecule has 2 heteroatoms. The van der Waals surface area contributed by atoms with Gasteiger partial charge in [0, 0.05) is 22.8 Å². The number of aromatic nitrogens is 1. The molecule has 0 aliphatic heterocycles. The van der Waals surface area contributed by atoms with Gasteiger partial charge in [0.2, 0.25) is 0 Å². The Morgan fingerprint density at radius 3 is 2.92 bits per heavy atom. The van der Waals surface area contributed by atoms with E-state index >= 15 is 0 Å². The van der Waals surface area contributed by atoms with Crippen molar-refractivity contribution in [2.24, 2.45) is 0 Å². The van der Waals surface area contributed by atoms with Gasteiger partial charge in [0.1, 0.15) is 0 Å². The number of fused-ring (bicyclic) bond motifs is 1. The fourth-order valence-electron chi connectivity index (χ4n) is 1.62. The molecule has 2 heterocycles. The van der Waals surface area contributed by atoms with E-state index in [1.54, 1.807) is 0 Å². The van der Waals surface area contributed by atoms with Gasteiger partial charge < -0.3 is 4.40 Å². The van der Waals surface area contributed by atoms with Gasteiger partial charge in [-0.15, -0.1) is 0 Å². The van der Waals surface area contributed by atoms with Crippen molar-refractivity contribution in [3.8, 4) is 0 Å². The molecular formula is C11H11NS. The van der Waals surface area contributed by atoms with E-state index in [1.807, 2.05) is 38.2 Å². The molecule has 66 valence electrons. The highest BCUT2D eigenvalue weighted by Gasteiger charge is 2.07. The molecule has 0 spiro atoms. The maximum atomic E-state index is 7.57. The third-order valence-electron chi connectivity index (χ3n) is 2.50. The molecular weight excluding hydrogens is 178 g/mol. The van der Waals surface area contributed by atoms with Crippen molar-refractivity contribution in [2.45, 2.75) is 13.8 Å². The molecule has 0 bridgehead atoms. The van der Waals surface area contributed by atoms with E-state index in [9.17, 15) is 0 Å². The average molecular weight is 190 g/mol. The molecule has 0 aliphatic rings. The van der Waals surface area contributed by atoms with Crippen molar-refractivity contribution in [3.63, 3.8) is 0 Å². The van der Waals surface area contributed by atoms with E-state index in [0.29, 0.717) is 0 Å². The van der Waals surface area contributed by atoms with Gasteiger partial charge in [0.05, 0.1) is 6.89 Å². The average Bonchev–Trinajstić information content (AvgIpc) is 2.41. The number of pyridine rings is 1. The second-order valence-electron chi connectivity index (χ2n) is 3.14. The van der Waals surface area contributed by atoms with Crippen molar-refractivity contribution in [1.29, 1.82) is 0 Å². The van der Waals surface area contributed by atoms with Crippen LogP contribution in [0, 0.1) is 13.8 Å². The summed E-state index contributed by atoms with van der Waals surface area (Å²) in [5, 5.41) is 0.222. The molecule has 0 unspecified atom stereocenters. The lowest BCUT2D eigenvalue weighted by molar-refractivity contribution is 1.09. The minimum atomic E-state index is 0.222. The van der Waals surface area contributed by atoms with E-state index in [1.165, 1.54) is 0 Å². The lowest BCUT2D eigenvalue weighted by Gasteiger charge is -1.95. The predicted octanol–water partition coefficient (Wildman–Crippen LogP) is 2.90. The summed E-state index contributed by atoms with van der Waals surface area (Å²) in [5.74, 6) is 0. The lowest BCUT2D eigenvalue weighted by atomic mass is 10.2. The third kappa shape index (κ3) is 1.10. The molecule has 2 rings (SSSR count). The van der Waals surface area contributed by atoms with E-state index < -0.39 is 0 Å². The fourth-order valence-corrected chi connectivity index (χ4v) is 1.88. The number of rotatable bonds is 1. The molecule has 0 radical (unpaired) electrons. The molecule has 1 nitrogen and oxygen atoms in total. The standard InChI is InChI=1S/C11H11NS/c1-8-9(2)12-6-4-3-5-11(12)10(8)7-13/h3-7H,1-2H3/i7D. The van der Waals surface area contributed by atoms with Gasteiger partial charge in [-0.05, 0) is 31.5 Å². The van der Waals surface area contributed by atoms with Gasteiger partial charge in [-0.2, -0.15) is 0 Å². The van der Waals surface area contributed by atoms with Gasteiger partial charge in [-0.1, -0.05) is 18.3 Å². The summed E-state index contributed by atoms with van der Waals surface area (Å²) < 4.78 is 9.65. The zero-order valence-corrected chi connectivity index (χ0v) is 8.48. The van der Waals surface area contributed by atoms with Crippen molar-refractivity contribution < 1.29 is 1.37 Å². The Hall–Kier alpha value is -1.15. The van der Waals surface area contributed by atoms with Crippen molar-refractivity contribution in [1.82, 2.24) is 4.40 Å². The number of hydrogen-bond donors (Lipinski definition) is 0. The lowest BCUT2D eigenvalue weighted by Crippen LogP contribution is -1.84. The first kappa shape index (κ1) is 7.27. The fraction of sp³-hybridized carbons (Fsp3) is 0.182. The van der Waals surface area contributed by atoms with Crippen LogP contribution in [0.5, 0.6) is 0 Å². The Bertz CT molecular complexity index is 513. The van der Waals surface area contributed by atoms with Gasteiger partial charge in [-0.3, -0.25) is 0 Å². The number of thiocarbonyl (C=S) groups is 1. The predicted molar refractivity (Wildman–Crippen MR) is 59.6 cm³/mol. The first-order valence-corrected chi connectivity index (χ1v) is 4.61. The number of aryl methyl sites for hydroxylation is 1. The maximum Gasteiger partial charge on any atom is 0.0756 e. The number of nitrogens with zero attached hydrogens (tertiary/aromatic N) is 1. The smallest absolute Gasteiger partial charge is 0.0756 e. The minimum Gasteiger partial charge on any atom is -0.320 e. The van der Waals surface area contributed by atoms with Crippen LogP contribution in [0.4, 0.5) is 0 Å². The first-order chi connectivity index (χ1) is 6.63. The molecule has 13 heavy (non-hydrogen) atoms. The van der Waals surface area contributed by atoms with E-state index in [2.05, 4.69) is 4.40 Å². The maximum absolute atomic E-state index is 7.57. The van der Waals surface area contributed by atoms with Crippen LogP contribution in [-0.2, 0) is 0 Å². The molecule has 0 aromatic carbocycles. The Balaban J connectivity index is 2.95. The van der Waals surface area contributed by atoms with Crippen LogP contribution in [0.25, 0.3) is 5.52 Å². The van der Waals surface area contributed by atoms with Crippen LogP contribution in [0.3, 0.4) is 0 Å². The van der Waals surface area contributed by atoms with Gasteiger partial charge in [0.25, 0.3) is 0 Å². The SMILES string of the molecule is [2H]C(=S)c1c(C)c(C)n2ccccc12. The molecule has 0 saturated carbocycles. The Labute approximate surface area is 84.4 Å². The molecule has 0 fully saturated rings. The molecule has 0 amide bonds. The van der Waals surface area contributed by atoms with E-state index in [4.69, 9.17) is 13.6 Å². The summed E-state index contributed by atoms with van der Waals surface area (Å²) in [6, 6.07) is 5.95. The van der Waals surface area contributed by atoms with E-state index in [-0.39, 0.29) is 5.34 Å². The zero-order chi connectivity index (χ0) is 10.3. The summed E-state index contributed by atoms with van der Waals surface area (Å²) in [7, 11) is 0. The van der Waals surface area contributed by atoms with Crippen molar-refractivity contribution in [3.05, 3.63) is 41.2 Å². The van der Waals surface area contributed by atoms with Crippen LogP contribution in [0.1, 0.15) is 18.2 Å². The Morgan fingerprint density at radius 2 is 2.23 bits per heavy atom. The molecule has 2 aromatic rings. The Morgan fingerprint density at radius 1 is 1.46 bits per heavy atom. The molecule has 2 aromatic heterocycles. The van der Waals surface area contributed by atoms with Gasteiger partial charge in [0.15, 0.2) is 0 Å². The topological polar surface area (TPSA) is 4.41 Å². The molecule has 0 N–H and O–H groups in total. The summed E-state index contributed by atoms with van der Waals surface area (Å²) in [5.41, 5.74) is 4.18. The van der Waals surface area contributed by atoms with Crippen LogP contribution in [0.2, 0.25) is 0 Å². The summed E-state index contributed by atoms with van der Waals surface area (Å²) in [6.45, 7) is 4.06. The molecule has 0 atom stereocenters. The second-order valence-corrected chi connectivity index (χ2v) is 3.35. The second kappa shape index (κ2) is 2.96. The van der Waals surface area contributed by atoms with Gasteiger partial charge >= 0.3 is 0 Å². The first-order valence-electron chi connectivity index (χ1n) is 4.70. The largest absolute Gasteiger partial charge is 0.320 e. The van der Waals surface area contributed by atoms with E-state index in [0.717, 1.165) is 22.3 Å². The van der Waals surface area contributed by atoms with Crippen molar-refractivity contribution >= 4 is 23.1 Å². The van der Waals surface area contributed by atoms with Crippen LogP contribution in [0.15, 0.2) is 24.4 Å². The highest BCUT2D eigenvalue weighted by molar-refractivity contribution is 7.79. The van der Waals surface area contributed by atoms with Gasteiger partial charge in [-0.25, -0.2) is 0 Å². The van der Waals surface area contributed by atoms with Crippen LogP contribution in [-0.4, -0.2) is 9.74 Å². The number of hydrogen-bond acceptors (Lipinski definition) is 1. The normalized spacial score (nSPS) is 11.7. The zero-order valence-electron chi connectivity index (χ0n) is 8.66. The summed E-state index contributed by atoms with van der Waals surface area (Å²) >= 11 is 4.94. The van der Waals surface area contributed by atoms with Crippen LogP contribution < -0.4 is 0 Å². The molecule has 0 aliphatic carbocycles. The minimum absolute atomic E-state index is 0.222. The quantitative estimate of drug-likeness (QED) is 0.626. The monoisotopic (exact) mass is 190 g/mol. The van der Waals surface area contributed by atoms with Crippen LogP contribution >= 0.6 is 12.2 Å². The Kier molecular flexibility index (Phi) is 1.66. The molecule has 0 saturated heterocycles. The highest BCUT2D eigenvalue weighted by Crippen LogP contribution is 2.20. The highest BCUT2D eigenvalue weighted by atomic mass is 32.1. The summed E-state index contributed by atoms with van der Waals surface area (Å²) in [4.78, 5) is 0. The van der Waals surface area contributed by atoms with Crippen molar-refractivity contribution in [2.75, 3.05) is 0 Å².